The highest BCUT2D eigenvalue weighted by Crippen LogP contribution is 2.24. The summed E-state index contributed by atoms with van der Waals surface area (Å²) in [4.78, 5) is 1.24. The summed E-state index contributed by atoms with van der Waals surface area (Å²) >= 11 is 1.68. The molecule has 1 aromatic heterocycles. The van der Waals surface area contributed by atoms with Crippen LogP contribution in [0.5, 0.6) is 0 Å². The summed E-state index contributed by atoms with van der Waals surface area (Å²) in [6, 6.07) is 8.25. The van der Waals surface area contributed by atoms with Gasteiger partial charge < -0.3 is 5.73 Å². The van der Waals surface area contributed by atoms with Crippen molar-refractivity contribution < 1.29 is 4.39 Å². The minimum absolute atomic E-state index is 0.157. The molecule has 78 valence electrons. The predicted octanol–water partition coefficient (Wildman–Crippen LogP) is 3.24. The number of rotatable bonds is 2. The van der Waals surface area contributed by atoms with Gasteiger partial charge in [0.05, 0.1) is 6.04 Å². The van der Waals surface area contributed by atoms with Crippen LogP contribution in [0.1, 0.15) is 22.0 Å². The molecule has 2 N–H and O–H groups in total. The maximum Gasteiger partial charge on any atom is 0.123 e. The van der Waals surface area contributed by atoms with E-state index in [0.717, 1.165) is 11.1 Å². The smallest absolute Gasteiger partial charge is 0.123 e. The van der Waals surface area contributed by atoms with E-state index in [1.54, 1.807) is 23.5 Å². The van der Waals surface area contributed by atoms with Gasteiger partial charge in [-0.05, 0) is 41.6 Å². The summed E-state index contributed by atoms with van der Waals surface area (Å²) in [6.07, 6.45) is 0. The third-order valence-corrected chi connectivity index (χ3v) is 3.22. The van der Waals surface area contributed by atoms with Gasteiger partial charge >= 0.3 is 0 Å². The molecule has 0 radical (unpaired) electrons. The minimum Gasteiger partial charge on any atom is -0.320 e. The van der Waals surface area contributed by atoms with Crippen molar-refractivity contribution in [3.05, 3.63) is 57.5 Å². The maximum absolute atomic E-state index is 12.7. The number of benzene rings is 1. The summed E-state index contributed by atoms with van der Waals surface area (Å²) in [7, 11) is 0. The van der Waals surface area contributed by atoms with Crippen molar-refractivity contribution in [2.75, 3.05) is 0 Å². The maximum atomic E-state index is 12.7. The van der Waals surface area contributed by atoms with E-state index < -0.39 is 0 Å². The molecule has 0 bridgehead atoms. The van der Waals surface area contributed by atoms with Crippen molar-refractivity contribution in [3.8, 4) is 0 Å². The molecule has 15 heavy (non-hydrogen) atoms. The van der Waals surface area contributed by atoms with Crippen molar-refractivity contribution in [1.82, 2.24) is 0 Å². The lowest BCUT2D eigenvalue weighted by molar-refractivity contribution is 0.626. The van der Waals surface area contributed by atoms with Crippen LogP contribution < -0.4 is 5.73 Å². The molecule has 0 saturated heterocycles. The summed E-state index contributed by atoms with van der Waals surface area (Å²) in [5.74, 6) is -0.229. The third-order valence-electron chi connectivity index (χ3n) is 2.34. The summed E-state index contributed by atoms with van der Waals surface area (Å²) in [5.41, 5.74) is 8.09. The molecule has 1 heterocycles. The molecule has 0 saturated carbocycles. The summed E-state index contributed by atoms with van der Waals surface area (Å²) in [6.45, 7) is 2.05. The number of halogens is 1. The average Bonchev–Trinajstić information content (AvgIpc) is 2.65. The SMILES string of the molecule is Cc1cc(C(N)c2ccc(F)cc2)cs1. The van der Waals surface area contributed by atoms with Gasteiger partial charge in [-0.3, -0.25) is 0 Å². The number of hydrogen-bond donors (Lipinski definition) is 1. The van der Waals surface area contributed by atoms with Gasteiger partial charge in [0.1, 0.15) is 5.82 Å². The first-order chi connectivity index (χ1) is 7.16. The number of thiophene rings is 1. The van der Waals surface area contributed by atoms with E-state index in [2.05, 4.69) is 6.07 Å². The summed E-state index contributed by atoms with van der Waals surface area (Å²) < 4.78 is 12.7. The molecule has 0 aliphatic heterocycles. The number of nitrogens with two attached hydrogens (primary N) is 1. The fourth-order valence-electron chi connectivity index (χ4n) is 1.49. The van der Waals surface area contributed by atoms with Crippen LogP contribution in [-0.4, -0.2) is 0 Å². The van der Waals surface area contributed by atoms with Crippen molar-refractivity contribution in [1.29, 1.82) is 0 Å². The largest absolute Gasteiger partial charge is 0.320 e. The molecule has 2 aromatic rings. The zero-order valence-corrected chi connectivity index (χ0v) is 9.22. The van der Waals surface area contributed by atoms with E-state index in [0.29, 0.717) is 0 Å². The molecule has 3 heteroatoms. The zero-order chi connectivity index (χ0) is 10.8. The van der Waals surface area contributed by atoms with Gasteiger partial charge in [-0.1, -0.05) is 12.1 Å². The van der Waals surface area contributed by atoms with E-state index in [4.69, 9.17) is 5.73 Å². The van der Waals surface area contributed by atoms with Gasteiger partial charge in [0.2, 0.25) is 0 Å². The molecule has 1 nitrogen and oxygen atoms in total. The Morgan fingerprint density at radius 3 is 2.40 bits per heavy atom. The standard InChI is InChI=1S/C12H12FNS/c1-8-6-10(7-15-8)12(14)9-2-4-11(13)5-3-9/h2-7,12H,14H2,1H3. The molecular formula is C12H12FNS. The molecule has 1 aromatic carbocycles. The van der Waals surface area contributed by atoms with Crippen LogP contribution in [0.25, 0.3) is 0 Å². The molecule has 1 unspecified atom stereocenters. The van der Waals surface area contributed by atoms with E-state index in [-0.39, 0.29) is 11.9 Å². The van der Waals surface area contributed by atoms with E-state index >= 15 is 0 Å². The highest BCUT2D eigenvalue weighted by molar-refractivity contribution is 7.10. The highest BCUT2D eigenvalue weighted by Gasteiger charge is 2.09. The Labute approximate surface area is 92.4 Å². The monoisotopic (exact) mass is 221 g/mol. The molecular weight excluding hydrogens is 209 g/mol. The van der Waals surface area contributed by atoms with Crippen LogP contribution in [0.15, 0.2) is 35.7 Å². The van der Waals surface area contributed by atoms with Gasteiger partial charge in [0.25, 0.3) is 0 Å². The lowest BCUT2D eigenvalue weighted by Crippen LogP contribution is -2.10. The molecule has 0 amide bonds. The number of aryl methyl sites for hydroxylation is 1. The van der Waals surface area contributed by atoms with E-state index in [1.807, 2.05) is 12.3 Å². The van der Waals surface area contributed by atoms with Crippen molar-refractivity contribution in [2.24, 2.45) is 5.73 Å². The Kier molecular flexibility index (Phi) is 2.84. The van der Waals surface area contributed by atoms with Crippen LogP contribution >= 0.6 is 11.3 Å². The molecule has 0 fully saturated rings. The predicted molar refractivity (Wildman–Crippen MR) is 61.5 cm³/mol. The first kappa shape index (κ1) is 10.3. The normalized spacial score (nSPS) is 12.7. The molecule has 2 rings (SSSR count). The van der Waals surface area contributed by atoms with Gasteiger partial charge in [0, 0.05) is 4.88 Å². The van der Waals surface area contributed by atoms with Gasteiger partial charge in [-0.2, -0.15) is 0 Å². The van der Waals surface area contributed by atoms with Crippen LogP contribution in [-0.2, 0) is 0 Å². The first-order valence-corrected chi connectivity index (χ1v) is 5.61. The van der Waals surface area contributed by atoms with Crippen LogP contribution in [0.3, 0.4) is 0 Å². The van der Waals surface area contributed by atoms with Gasteiger partial charge in [-0.15, -0.1) is 11.3 Å². The van der Waals surface area contributed by atoms with Gasteiger partial charge in [-0.25, -0.2) is 4.39 Å². The Hall–Kier alpha value is -1.19. The Morgan fingerprint density at radius 1 is 1.20 bits per heavy atom. The quantitative estimate of drug-likeness (QED) is 0.827. The Balaban J connectivity index is 2.28. The third kappa shape index (κ3) is 2.25. The second-order valence-electron chi connectivity index (χ2n) is 3.52. The lowest BCUT2D eigenvalue weighted by atomic mass is 10.0. The molecule has 0 spiro atoms. The van der Waals surface area contributed by atoms with Crippen molar-refractivity contribution in [2.45, 2.75) is 13.0 Å². The average molecular weight is 221 g/mol. The Bertz CT molecular complexity index is 447. The minimum atomic E-state index is -0.229. The molecule has 0 aliphatic rings. The summed E-state index contributed by atoms with van der Waals surface area (Å²) in [5, 5.41) is 2.04. The topological polar surface area (TPSA) is 26.0 Å². The molecule has 0 aliphatic carbocycles. The van der Waals surface area contributed by atoms with Gasteiger partial charge in [0.15, 0.2) is 0 Å². The zero-order valence-electron chi connectivity index (χ0n) is 8.41. The first-order valence-electron chi connectivity index (χ1n) is 4.73. The Morgan fingerprint density at radius 2 is 1.87 bits per heavy atom. The van der Waals surface area contributed by atoms with E-state index in [1.165, 1.54) is 17.0 Å². The van der Waals surface area contributed by atoms with Crippen molar-refractivity contribution in [3.63, 3.8) is 0 Å². The molecule has 1 atom stereocenters. The highest BCUT2D eigenvalue weighted by atomic mass is 32.1. The van der Waals surface area contributed by atoms with Crippen molar-refractivity contribution >= 4 is 11.3 Å². The fraction of sp³-hybridized carbons (Fsp3) is 0.167. The van der Waals surface area contributed by atoms with Crippen LogP contribution in [0.2, 0.25) is 0 Å². The second kappa shape index (κ2) is 4.13. The van der Waals surface area contributed by atoms with Crippen LogP contribution in [0.4, 0.5) is 4.39 Å². The lowest BCUT2D eigenvalue weighted by Gasteiger charge is -2.09. The van der Waals surface area contributed by atoms with E-state index in [9.17, 15) is 4.39 Å². The fourth-order valence-corrected chi connectivity index (χ4v) is 2.23. The number of hydrogen-bond acceptors (Lipinski definition) is 2. The second-order valence-corrected chi connectivity index (χ2v) is 4.64. The van der Waals surface area contributed by atoms with Crippen LogP contribution in [0, 0.1) is 12.7 Å².